The Hall–Kier alpha value is -3.00. The summed E-state index contributed by atoms with van der Waals surface area (Å²) in [7, 11) is 0. The van der Waals surface area contributed by atoms with Crippen LogP contribution in [0.4, 0.5) is 0 Å². The van der Waals surface area contributed by atoms with Crippen LogP contribution in [0.1, 0.15) is 27.7 Å². The van der Waals surface area contributed by atoms with Crippen molar-refractivity contribution in [3.63, 3.8) is 0 Å². The van der Waals surface area contributed by atoms with E-state index in [2.05, 4.69) is 23.7 Å². The molecule has 0 aliphatic heterocycles. The van der Waals surface area contributed by atoms with Crippen molar-refractivity contribution < 1.29 is 65.8 Å². The van der Waals surface area contributed by atoms with Gasteiger partial charge in [0.05, 0.1) is 0 Å². The Labute approximate surface area is 164 Å². The SMILES string of the molecule is CC#CC(=O)[O-].CC#CC(=O)[O-].CC#CC(=O)[O-].CC#CC(=O)[O-].[Zr+4]. The molecule has 0 bridgehead atoms. The van der Waals surface area contributed by atoms with E-state index in [1.807, 2.05) is 0 Å². The number of aliphatic carboxylic acids is 4. The van der Waals surface area contributed by atoms with Crippen LogP contribution in [0.5, 0.6) is 0 Å². The van der Waals surface area contributed by atoms with Crippen LogP contribution in [0, 0.1) is 47.4 Å². The first-order valence-corrected chi connectivity index (χ1v) is 5.63. The zero-order valence-corrected chi connectivity index (χ0v) is 16.2. The van der Waals surface area contributed by atoms with E-state index in [1.165, 1.54) is 27.7 Å². The van der Waals surface area contributed by atoms with E-state index in [1.54, 1.807) is 23.7 Å². The van der Waals surface area contributed by atoms with Gasteiger partial charge in [-0.25, -0.2) is 0 Å². The van der Waals surface area contributed by atoms with Gasteiger partial charge in [0.15, 0.2) is 0 Å². The van der Waals surface area contributed by atoms with Crippen LogP contribution in [0.15, 0.2) is 0 Å². The third-order valence-corrected chi connectivity index (χ3v) is 0.908. The molecular weight excluding hydrogens is 411 g/mol. The molecule has 0 rings (SSSR count). The summed E-state index contributed by atoms with van der Waals surface area (Å²) in [6.07, 6.45) is 0. The van der Waals surface area contributed by atoms with Crippen LogP contribution >= 0.6 is 0 Å². The third kappa shape index (κ3) is 93.6. The van der Waals surface area contributed by atoms with Crippen LogP contribution in [-0.2, 0) is 45.4 Å². The van der Waals surface area contributed by atoms with Gasteiger partial charge >= 0.3 is 26.2 Å². The predicted octanol–water partition coefficient (Wildman–Crippen LogP) is -4.96. The molecule has 25 heavy (non-hydrogen) atoms. The van der Waals surface area contributed by atoms with Crippen molar-refractivity contribution in [3.05, 3.63) is 0 Å². The summed E-state index contributed by atoms with van der Waals surface area (Å²) in [4.78, 5) is 37.3. The second kappa shape index (κ2) is 29.1. The van der Waals surface area contributed by atoms with E-state index < -0.39 is 23.9 Å². The first kappa shape index (κ1) is 33.6. The minimum Gasteiger partial charge on any atom is -0.537 e. The Balaban J connectivity index is -0.0000000702. The Kier molecular flexibility index (Phi) is 39.0. The van der Waals surface area contributed by atoms with Gasteiger partial charge in [0, 0.05) is 0 Å². The van der Waals surface area contributed by atoms with E-state index in [0.29, 0.717) is 0 Å². The molecule has 0 heterocycles. The largest absolute Gasteiger partial charge is 4.00 e. The first-order valence-electron chi connectivity index (χ1n) is 5.63. The van der Waals surface area contributed by atoms with Gasteiger partial charge in [-0.1, -0.05) is 23.7 Å². The van der Waals surface area contributed by atoms with Crippen molar-refractivity contribution in [2.75, 3.05) is 0 Å². The smallest absolute Gasteiger partial charge is 0.537 e. The summed E-state index contributed by atoms with van der Waals surface area (Å²) in [5, 5.41) is 37.3. The van der Waals surface area contributed by atoms with Gasteiger partial charge in [-0.05, 0) is 27.7 Å². The summed E-state index contributed by atoms with van der Waals surface area (Å²) in [5.74, 6) is 10.4. The van der Waals surface area contributed by atoms with Crippen LogP contribution in [-0.4, -0.2) is 23.9 Å². The third-order valence-electron chi connectivity index (χ3n) is 0.908. The number of carbonyl (C=O) groups is 4. The zero-order chi connectivity index (χ0) is 20.0. The summed E-state index contributed by atoms with van der Waals surface area (Å²) in [6.45, 7) is 5.76. The van der Waals surface area contributed by atoms with Crippen molar-refractivity contribution in [3.8, 4) is 47.4 Å². The second-order valence-corrected chi connectivity index (χ2v) is 2.65. The molecule has 0 amide bonds. The molecule has 9 heteroatoms. The number of carboxylic acid groups (broad SMARTS) is 4. The Morgan fingerprint density at radius 3 is 0.600 bits per heavy atom. The van der Waals surface area contributed by atoms with Crippen molar-refractivity contribution in [2.45, 2.75) is 27.7 Å². The fraction of sp³-hybridized carbons (Fsp3) is 0.250. The van der Waals surface area contributed by atoms with E-state index in [-0.39, 0.29) is 26.2 Å². The first-order chi connectivity index (χ1) is 11.1. The molecule has 0 N–H and O–H groups in total. The van der Waals surface area contributed by atoms with Crippen molar-refractivity contribution in [1.82, 2.24) is 0 Å². The number of hydrogen-bond donors (Lipinski definition) is 0. The zero-order valence-electron chi connectivity index (χ0n) is 13.8. The predicted molar refractivity (Wildman–Crippen MR) is 73.8 cm³/mol. The summed E-state index contributed by atoms with van der Waals surface area (Å²) in [6, 6.07) is 0. The average Bonchev–Trinajstić information content (AvgIpc) is 2.39. The number of rotatable bonds is 0. The second-order valence-electron chi connectivity index (χ2n) is 2.65. The normalized spacial score (nSPS) is 5.28. The van der Waals surface area contributed by atoms with Gasteiger partial charge in [0.1, 0.15) is 23.9 Å². The van der Waals surface area contributed by atoms with Gasteiger partial charge in [-0.3, -0.25) is 0 Å². The van der Waals surface area contributed by atoms with Gasteiger partial charge in [0.2, 0.25) is 0 Å². The molecule has 0 aromatic carbocycles. The molecule has 0 aliphatic carbocycles. The number of carboxylic acids is 4. The monoisotopic (exact) mass is 422 g/mol. The molecular formula is C16H12O8Zr. The van der Waals surface area contributed by atoms with Crippen LogP contribution in [0.3, 0.4) is 0 Å². The standard InChI is InChI=1S/4C4H4O2.Zr/c4*1-2-3-4(5)6;/h4*1H3,(H,5,6);/q;;;;+4/p-4. The van der Waals surface area contributed by atoms with Crippen molar-refractivity contribution >= 4 is 23.9 Å². The fourth-order valence-electron chi connectivity index (χ4n) is 0.408. The fourth-order valence-corrected chi connectivity index (χ4v) is 0.408. The molecule has 0 unspecified atom stereocenters. The van der Waals surface area contributed by atoms with Crippen LogP contribution in [0.25, 0.3) is 0 Å². The van der Waals surface area contributed by atoms with Gasteiger partial charge in [-0.15, -0.1) is 23.7 Å². The number of carbonyl (C=O) groups excluding carboxylic acids is 4. The maximum absolute atomic E-state index is 9.31. The average molecular weight is 423 g/mol. The minimum atomic E-state index is -1.32. The van der Waals surface area contributed by atoms with Gasteiger partial charge in [0.25, 0.3) is 0 Å². The van der Waals surface area contributed by atoms with E-state index in [4.69, 9.17) is 0 Å². The van der Waals surface area contributed by atoms with Crippen LogP contribution in [0.2, 0.25) is 0 Å². The molecule has 0 saturated carbocycles. The molecule has 0 saturated heterocycles. The van der Waals surface area contributed by atoms with E-state index >= 15 is 0 Å². The number of hydrogen-bond acceptors (Lipinski definition) is 8. The van der Waals surface area contributed by atoms with E-state index in [0.717, 1.165) is 0 Å². The summed E-state index contributed by atoms with van der Waals surface area (Å²) in [5.41, 5.74) is 0. The van der Waals surface area contributed by atoms with Crippen molar-refractivity contribution in [2.24, 2.45) is 0 Å². The molecule has 0 spiro atoms. The Morgan fingerprint density at radius 1 is 0.480 bits per heavy atom. The molecule has 0 radical (unpaired) electrons. The Bertz CT molecular complexity index is 544. The van der Waals surface area contributed by atoms with Crippen molar-refractivity contribution in [1.29, 1.82) is 0 Å². The topological polar surface area (TPSA) is 161 Å². The Morgan fingerprint density at radius 2 is 0.600 bits per heavy atom. The molecule has 0 aromatic rings. The maximum atomic E-state index is 9.31. The minimum absolute atomic E-state index is 0. The quantitative estimate of drug-likeness (QED) is 0.350. The molecule has 0 aromatic heterocycles. The molecule has 0 atom stereocenters. The van der Waals surface area contributed by atoms with E-state index in [9.17, 15) is 39.6 Å². The summed E-state index contributed by atoms with van der Waals surface area (Å²) < 4.78 is 0. The molecule has 128 valence electrons. The van der Waals surface area contributed by atoms with Gasteiger partial charge in [-0.2, -0.15) is 0 Å². The van der Waals surface area contributed by atoms with Gasteiger partial charge < -0.3 is 39.6 Å². The molecule has 8 nitrogen and oxygen atoms in total. The van der Waals surface area contributed by atoms with Crippen LogP contribution < -0.4 is 20.4 Å². The summed E-state index contributed by atoms with van der Waals surface area (Å²) >= 11 is 0. The maximum Gasteiger partial charge on any atom is 4.00 e. The molecule has 0 aliphatic rings. The molecule has 0 fully saturated rings.